The van der Waals surface area contributed by atoms with Crippen molar-refractivity contribution in [1.82, 2.24) is 9.55 Å². The summed E-state index contributed by atoms with van der Waals surface area (Å²) in [6.45, 7) is 0.685. The molecule has 1 aromatic heterocycles. The van der Waals surface area contributed by atoms with Gasteiger partial charge in [0, 0.05) is 10.0 Å². The van der Waals surface area contributed by atoms with E-state index in [0.717, 1.165) is 32.6 Å². The van der Waals surface area contributed by atoms with Crippen LogP contribution in [-0.2, 0) is 12.4 Å². The first kappa shape index (κ1) is 14.4. The molecule has 0 aliphatic carbocycles. The van der Waals surface area contributed by atoms with Crippen LogP contribution in [0.4, 0.5) is 0 Å². The molecule has 3 nitrogen and oxygen atoms in total. The van der Waals surface area contributed by atoms with Crippen molar-refractivity contribution in [2.24, 2.45) is 0 Å². The number of halogens is 2. The number of ether oxygens (including phenoxy) is 1. The van der Waals surface area contributed by atoms with Gasteiger partial charge in [0.25, 0.3) is 0 Å². The summed E-state index contributed by atoms with van der Waals surface area (Å²) in [7, 11) is 1.68. The van der Waals surface area contributed by atoms with Crippen LogP contribution in [0, 0.1) is 0 Å². The van der Waals surface area contributed by atoms with Gasteiger partial charge >= 0.3 is 0 Å². The van der Waals surface area contributed by atoms with Crippen molar-refractivity contribution in [2.75, 3.05) is 7.11 Å². The topological polar surface area (TPSA) is 27.1 Å². The molecule has 0 bridgehead atoms. The average Bonchev–Trinajstić information content (AvgIpc) is 2.84. The Labute approximate surface area is 136 Å². The molecule has 0 unspecified atom stereocenters. The first-order valence-corrected chi connectivity index (χ1v) is 7.88. The third kappa shape index (κ3) is 2.78. The van der Waals surface area contributed by atoms with Crippen molar-refractivity contribution in [3.63, 3.8) is 0 Å². The summed E-state index contributed by atoms with van der Waals surface area (Å²) in [5.41, 5.74) is 3.11. The van der Waals surface area contributed by atoms with Gasteiger partial charge < -0.3 is 9.30 Å². The van der Waals surface area contributed by atoms with E-state index in [1.165, 1.54) is 0 Å². The summed E-state index contributed by atoms with van der Waals surface area (Å²) in [6.07, 6.45) is 0. The van der Waals surface area contributed by atoms with Gasteiger partial charge in [-0.15, -0.1) is 11.6 Å². The zero-order valence-corrected chi connectivity index (χ0v) is 13.9. The quantitative estimate of drug-likeness (QED) is 0.632. The normalized spacial score (nSPS) is 11.0. The molecule has 21 heavy (non-hydrogen) atoms. The monoisotopic (exact) mass is 364 g/mol. The number of imidazole rings is 1. The number of hydrogen-bond donors (Lipinski definition) is 0. The number of rotatable bonds is 4. The lowest BCUT2D eigenvalue weighted by Gasteiger charge is -2.11. The molecule has 1 heterocycles. The molecule has 5 heteroatoms. The van der Waals surface area contributed by atoms with Gasteiger partial charge in [0.2, 0.25) is 0 Å². The second-order valence-electron chi connectivity index (χ2n) is 4.69. The number of hydrogen-bond acceptors (Lipinski definition) is 2. The van der Waals surface area contributed by atoms with Crippen LogP contribution in [0.2, 0.25) is 0 Å². The van der Waals surface area contributed by atoms with Crippen molar-refractivity contribution in [3.05, 3.63) is 58.3 Å². The highest BCUT2D eigenvalue weighted by atomic mass is 79.9. The van der Waals surface area contributed by atoms with Crippen LogP contribution in [0.3, 0.4) is 0 Å². The lowest BCUT2D eigenvalue weighted by molar-refractivity contribution is 0.408. The molecule has 0 saturated heterocycles. The maximum Gasteiger partial charge on any atom is 0.125 e. The first-order chi connectivity index (χ1) is 10.2. The molecular formula is C16H14BrClN2O. The standard InChI is InChI=1S/C16H14BrClN2O/c1-21-15-5-3-2-4-11(15)10-20-14-7-6-12(17)8-13(14)19-16(20)9-18/h2-8H,9-10H2,1H3. The second-order valence-corrected chi connectivity index (χ2v) is 5.88. The summed E-state index contributed by atoms with van der Waals surface area (Å²) in [6, 6.07) is 14.1. The van der Waals surface area contributed by atoms with Gasteiger partial charge in [-0.2, -0.15) is 0 Å². The maximum absolute atomic E-state index is 6.06. The minimum atomic E-state index is 0.376. The highest BCUT2D eigenvalue weighted by molar-refractivity contribution is 9.10. The maximum atomic E-state index is 6.06. The molecule has 0 N–H and O–H groups in total. The molecule has 0 aliphatic heterocycles. The van der Waals surface area contributed by atoms with E-state index < -0.39 is 0 Å². The van der Waals surface area contributed by atoms with Gasteiger partial charge in [-0.3, -0.25) is 0 Å². The molecule has 2 aromatic carbocycles. The Hall–Kier alpha value is -1.52. The summed E-state index contributed by atoms with van der Waals surface area (Å²) in [5.74, 6) is 2.11. The number of fused-ring (bicyclic) bond motifs is 1. The summed E-state index contributed by atoms with van der Waals surface area (Å²) in [4.78, 5) is 4.60. The Bertz CT molecular complexity index is 785. The zero-order chi connectivity index (χ0) is 14.8. The minimum Gasteiger partial charge on any atom is -0.496 e. The van der Waals surface area contributed by atoms with Crippen molar-refractivity contribution >= 4 is 38.6 Å². The Kier molecular flexibility index (Phi) is 4.17. The Morgan fingerprint density at radius 2 is 2.05 bits per heavy atom. The van der Waals surface area contributed by atoms with Crippen LogP contribution in [0.25, 0.3) is 11.0 Å². The summed E-state index contributed by atoms with van der Waals surface area (Å²) in [5, 5.41) is 0. The van der Waals surface area contributed by atoms with E-state index >= 15 is 0 Å². The van der Waals surface area contributed by atoms with Crippen LogP contribution in [0.15, 0.2) is 46.9 Å². The van der Waals surface area contributed by atoms with E-state index in [1.54, 1.807) is 7.11 Å². The number of alkyl halides is 1. The highest BCUT2D eigenvalue weighted by Crippen LogP contribution is 2.25. The largest absolute Gasteiger partial charge is 0.496 e. The smallest absolute Gasteiger partial charge is 0.125 e. The predicted octanol–water partition coefficient (Wildman–Crippen LogP) is 4.59. The van der Waals surface area contributed by atoms with Crippen LogP contribution < -0.4 is 4.74 Å². The van der Waals surface area contributed by atoms with Crippen LogP contribution in [-0.4, -0.2) is 16.7 Å². The Morgan fingerprint density at radius 1 is 1.24 bits per heavy atom. The zero-order valence-electron chi connectivity index (χ0n) is 11.5. The minimum absolute atomic E-state index is 0.376. The fourth-order valence-electron chi connectivity index (χ4n) is 2.44. The average molecular weight is 366 g/mol. The molecule has 0 spiro atoms. The molecule has 0 saturated carbocycles. The molecular weight excluding hydrogens is 352 g/mol. The summed E-state index contributed by atoms with van der Waals surface area (Å²) >= 11 is 9.53. The van der Waals surface area contributed by atoms with E-state index in [4.69, 9.17) is 16.3 Å². The number of nitrogens with zero attached hydrogens (tertiary/aromatic N) is 2. The van der Waals surface area contributed by atoms with E-state index in [2.05, 4.69) is 37.6 Å². The van der Waals surface area contributed by atoms with Crippen LogP contribution in [0.5, 0.6) is 5.75 Å². The first-order valence-electron chi connectivity index (χ1n) is 6.55. The van der Waals surface area contributed by atoms with E-state index in [1.807, 2.05) is 30.3 Å². The fourth-order valence-corrected chi connectivity index (χ4v) is 2.99. The molecule has 0 fully saturated rings. The molecule has 0 amide bonds. The number of benzene rings is 2. The van der Waals surface area contributed by atoms with Crippen LogP contribution >= 0.6 is 27.5 Å². The molecule has 3 aromatic rings. The lowest BCUT2D eigenvalue weighted by atomic mass is 10.2. The molecule has 0 atom stereocenters. The van der Waals surface area contributed by atoms with Crippen LogP contribution in [0.1, 0.15) is 11.4 Å². The van der Waals surface area contributed by atoms with E-state index in [-0.39, 0.29) is 0 Å². The fraction of sp³-hybridized carbons (Fsp3) is 0.188. The van der Waals surface area contributed by atoms with Gasteiger partial charge in [0.1, 0.15) is 11.6 Å². The third-order valence-electron chi connectivity index (χ3n) is 3.43. The summed E-state index contributed by atoms with van der Waals surface area (Å²) < 4.78 is 8.57. The number of methoxy groups -OCH3 is 1. The van der Waals surface area contributed by atoms with Gasteiger partial charge in [-0.05, 0) is 24.3 Å². The van der Waals surface area contributed by atoms with Gasteiger partial charge in [-0.1, -0.05) is 34.1 Å². The van der Waals surface area contributed by atoms with Gasteiger partial charge in [0.15, 0.2) is 0 Å². The van der Waals surface area contributed by atoms with Crippen molar-refractivity contribution in [1.29, 1.82) is 0 Å². The van der Waals surface area contributed by atoms with Crippen molar-refractivity contribution < 1.29 is 4.74 Å². The Balaban J connectivity index is 2.11. The van der Waals surface area contributed by atoms with Gasteiger partial charge in [0.05, 0.1) is 30.6 Å². The third-order valence-corrected chi connectivity index (χ3v) is 4.16. The second kappa shape index (κ2) is 6.08. The molecule has 3 rings (SSSR count). The van der Waals surface area contributed by atoms with E-state index in [0.29, 0.717) is 12.4 Å². The molecule has 0 aliphatic rings. The van der Waals surface area contributed by atoms with Gasteiger partial charge in [-0.25, -0.2) is 4.98 Å². The molecule has 108 valence electrons. The van der Waals surface area contributed by atoms with Crippen molar-refractivity contribution in [3.8, 4) is 5.75 Å². The Morgan fingerprint density at radius 3 is 2.81 bits per heavy atom. The SMILES string of the molecule is COc1ccccc1Cn1c(CCl)nc2cc(Br)ccc21. The van der Waals surface area contributed by atoms with Crippen molar-refractivity contribution in [2.45, 2.75) is 12.4 Å². The number of para-hydroxylation sites is 1. The predicted molar refractivity (Wildman–Crippen MR) is 89.1 cm³/mol. The lowest BCUT2D eigenvalue weighted by Crippen LogP contribution is -2.05. The molecule has 0 radical (unpaired) electrons. The van der Waals surface area contributed by atoms with E-state index in [9.17, 15) is 0 Å². The highest BCUT2D eigenvalue weighted by Gasteiger charge is 2.12. The number of aromatic nitrogens is 2.